The van der Waals surface area contributed by atoms with Crippen molar-refractivity contribution in [1.29, 1.82) is 0 Å². The minimum atomic E-state index is -0.545. The molecular weight excluding hydrogens is 402 g/mol. The van der Waals surface area contributed by atoms with Crippen LogP contribution >= 0.6 is 11.6 Å². The van der Waals surface area contributed by atoms with Crippen LogP contribution in [-0.4, -0.2) is 36.6 Å². The molecule has 1 aromatic heterocycles. The number of benzene rings is 2. The number of carbonyl (C=O) groups excluding carboxylic acids is 2. The maximum atomic E-state index is 12.8. The lowest BCUT2D eigenvalue weighted by atomic mass is 10.1. The molecule has 1 aliphatic heterocycles. The molecule has 0 radical (unpaired) electrons. The topological polar surface area (TPSA) is 71.5 Å². The van der Waals surface area contributed by atoms with E-state index in [1.807, 2.05) is 36.4 Å². The van der Waals surface area contributed by atoms with Gasteiger partial charge in [-0.1, -0.05) is 41.9 Å². The summed E-state index contributed by atoms with van der Waals surface area (Å²) in [4.78, 5) is 31.7. The van der Waals surface area contributed by atoms with Gasteiger partial charge in [-0.15, -0.1) is 0 Å². The van der Waals surface area contributed by atoms with Crippen molar-refractivity contribution in [2.24, 2.45) is 0 Å². The lowest BCUT2D eigenvalue weighted by molar-refractivity contribution is -0.124. The first-order chi connectivity index (χ1) is 14.6. The third kappa shape index (κ3) is 4.71. The van der Waals surface area contributed by atoms with Gasteiger partial charge in [0.25, 0.3) is 5.91 Å². The number of halogens is 1. The van der Waals surface area contributed by atoms with Gasteiger partial charge in [-0.3, -0.25) is 4.79 Å². The summed E-state index contributed by atoms with van der Waals surface area (Å²) in [5.74, 6) is -0.288. The normalized spacial score (nSPS) is 13.4. The van der Waals surface area contributed by atoms with Crippen LogP contribution in [0.25, 0.3) is 10.9 Å². The van der Waals surface area contributed by atoms with E-state index in [0.717, 1.165) is 42.4 Å². The number of hydrogen-bond acceptors (Lipinski definition) is 5. The Bertz CT molecular complexity index is 1060. The molecular formula is C23H22ClN3O3. The highest BCUT2D eigenvalue weighted by atomic mass is 35.5. The molecule has 1 aliphatic rings. The number of esters is 1. The molecule has 154 valence electrons. The van der Waals surface area contributed by atoms with Crippen LogP contribution in [0.15, 0.2) is 54.6 Å². The van der Waals surface area contributed by atoms with Crippen molar-refractivity contribution in [2.45, 2.75) is 19.4 Å². The van der Waals surface area contributed by atoms with Gasteiger partial charge in [-0.05, 0) is 42.7 Å². The van der Waals surface area contributed by atoms with E-state index in [4.69, 9.17) is 21.3 Å². The fourth-order valence-corrected chi connectivity index (χ4v) is 3.61. The zero-order chi connectivity index (χ0) is 20.9. The highest BCUT2D eigenvalue weighted by molar-refractivity contribution is 6.30. The van der Waals surface area contributed by atoms with Crippen LogP contribution in [0, 0.1) is 0 Å². The van der Waals surface area contributed by atoms with Gasteiger partial charge in [0.1, 0.15) is 11.4 Å². The fraction of sp³-hybridized carbons (Fsp3) is 0.261. The maximum Gasteiger partial charge on any atom is 0.342 e. The Balaban J connectivity index is 1.43. The molecule has 0 saturated carbocycles. The number of aromatic nitrogens is 1. The van der Waals surface area contributed by atoms with E-state index in [9.17, 15) is 9.59 Å². The molecule has 7 heteroatoms. The van der Waals surface area contributed by atoms with Crippen LogP contribution in [0.2, 0.25) is 5.02 Å². The third-order valence-electron chi connectivity index (χ3n) is 5.07. The van der Waals surface area contributed by atoms with E-state index in [2.05, 4.69) is 10.2 Å². The molecule has 3 aromatic rings. The molecule has 2 heterocycles. The van der Waals surface area contributed by atoms with E-state index in [0.29, 0.717) is 22.9 Å². The molecule has 4 rings (SSSR count). The number of amides is 1. The quantitative estimate of drug-likeness (QED) is 0.607. The Morgan fingerprint density at radius 3 is 2.57 bits per heavy atom. The number of hydrogen-bond donors (Lipinski definition) is 1. The summed E-state index contributed by atoms with van der Waals surface area (Å²) in [6, 6.07) is 16.6. The largest absolute Gasteiger partial charge is 0.452 e. The Morgan fingerprint density at radius 2 is 1.80 bits per heavy atom. The summed E-state index contributed by atoms with van der Waals surface area (Å²) < 4.78 is 5.31. The summed E-state index contributed by atoms with van der Waals surface area (Å²) >= 11 is 5.86. The molecule has 0 bridgehead atoms. The van der Waals surface area contributed by atoms with Gasteiger partial charge >= 0.3 is 5.97 Å². The minimum absolute atomic E-state index is 0.337. The summed E-state index contributed by atoms with van der Waals surface area (Å²) in [5.41, 5.74) is 2.13. The number of nitrogens with zero attached hydrogens (tertiary/aromatic N) is 2. The second-order valence-electron chi connectivity index (χ2n) is 7.23. The number of rotatable bonds is 6. The van der Waals surface area contributed by atoms with Gasteiger partial charge in [-0.25, -0.2) is 9.78 Å². The highest BCUT2D eigenvalue weighted by Crippen LogP contribution is 2.27. The number of ether oxygens (including phenoxy) is 1. The summed E-state index contributed by atoms with van der Waals surface area (Å²) in [6.45, 7) is 1.70. The smallest absolute Gasteiger partial charge is 0.342 e. The number of fused-ring (bicyclic) bond motifs is 1. The summed E-state index contributed by atoms with van der Waals surface area (Å²) in [5, 5.41) is 4.24. The standard InChI is InChI=1S/C23H22ClN3O3/c24-18-9-7-16(8-10-18)14-25-21(28)15-30-23(29)19-13-17-5-1-2-6-20(17)26-22(19)27-11-3-4-12-27/h1-2,5-10,13H,3-4,11-12,14-15H2,(H,25,28). The predicted octanol–water partition coefficient (Wildman–Crippen LogP) is 3.96. The summed E-state index contributed by atoms with van der Waals surface area (Å²) in [6.07, 6.45) is 2.13. The Kier molecular flexibility index (Phi) is 6.14. The molecule has 0 unspecified atom stereocenters. The average molecular weight is 424 g/mol. The van der Waals surface area contributed by atoms with Crippen molar-refractivity contribution >= 4 is 40.2 Å². The van der Waals surface area contributed by atoms with Crippen molar-refractivity contribution in [1.82, 2.24) is 10.3 Å². The van der Waals surface area contributed by atoms with Crippen molar-refractivity contribution < 1.29 is 14.3 Å². The molecule has 0 spiro atoms. The number of nitrogens with one attached hydrogen (secondary N) is 1. The van der Waals surface area contributed by atoms with Crippen molar-refractivity contribution in [3.05, 3.63) is 70.7 Å². The van der Waals surface area contributed by atoms with Gasteiger partial charge in [0.15, 0.2) is 6.61 Å². The molecule has 30 heavy (non-hydrogen) atoms. The van der Waals surface area contributed by atoms with Crippen LogP contribution in [0.1, 0.15) is 28.8 Å². The molecule has 0 aliphatic carbocycles. The van der Waals surface area contributed by atoms with Crippen LogP contribution < -0.4 is 10.2 Å². The maximum absolute atomic E-state index is 12.8. The van der Waals surface area contributed by atoms with E-state index in [-0.39, 0.29) is 12.5 Å². The predicted molar refractivity (Wildman–Crippen MR) is 117 cm³/mol. The van der Waals surface area contributed by atoms with Gasteiger partial charge in [0, 0.05) is 30.0 Å². The first-order valence-corrected chi connectivity index (χ1v) is 10.3. The van der Waals surface area contributed by atoms with Crippen molar-refractivity contribution in [3.63, 3.8) is 0 Å². The lowest BCUT2D eigenvalue weighted by Crippen LogP contribution is -2.29. The highest BCUT2D eigenvalue weighted by Gasteiger charge is 2.23. The zero-order valence-electron chi connectivity index (χ0n) is 16.4. The number of anilines is 1. The molecule has 0 atom stereocenters. The van der Waals surface area contributed by atoms with Crippen LogP contribution in [-0.2, 0) is 16.1 Å². The molecule has 1 amide bonds. The summed E-state index contributed by atoms with van der Waals surface area (Å²) in [7, 11) is 0. The third-order valence-corrected chi connectivity index (χ3v) is 5.32. The first kappa shape index (κ1) is 20.2. The number of pyridine rings is 1. The van der Waals surface area contributed by atoms with Crippen LogP contribution in [0.3, 0.4) is 0 Å². The second-order valence-corrected chi connectivity index (χ2v) is 7.66. The minimum Gasteiger partial charge on any atom is -0.452 e. The monoisotopic (exact) mass is 423 g/mol. The Morgan fingerprint density at radius 1 is 1.07 bits per heavy atom. The van der Waals surface area contributed by atoms with E-state index >= 15 is 0 Å². The lowest BCUT2D eigenvalue weighted by Gasteiger charge is -2.20. The fourth-order valence-electron chi connectivity index (χ4n) is 3.49. The van der Waals surface area contributed by atoms with E-state index in [1.54, 1.807) is 18.2 Å². The Hall–Kier alpha value is -3.12. The average Bonchev–Trinajstić information content (AvgIpc) is 3.31. The van der Waals surface area contributed by atoms with Gasteiger partial charge in [0.2, 0.25) is 0 Å². The second kappa shape index (κ2) is 9.13. The van der Waals surface area contributed by atoms with E-state index < -0.39 is 5.97 Å². The van der Waals surface area contributed by atoms with E-state index in [1.165, 1.54) is 0 Å². The van der Waals surface area contributed by atoms with Crippen LogP contribution in [0.4, 0.5) is 5.82 Å². The zero-order valence-corrected chi connectivity index (χ0v) is 17.2. The van der Waals surface area contributed by atoms with Gasteiger partial charge in [0.05, 0.1) is 5.52 Å². The molecule has 1 N–H and O–H groups in total. The van der Waals surface area contributed by atoms with Crippen LogP contribution in [0.5, 0.6) is 0 Å². The SMILES string of the molecule is O=C(COC(=O)c1cc2ccccc2nc1N1CCCC1)NCc1ccc(Cl)cc1. The Labute approximate surface area is 179 Å². The molecule has 1 fully saturated rings. The first-order valence-electron chi connectivity index (χ1n) is 9.93. The molecule has 2 aromatic carbocycles. The number of carbonyl (C=O) groups is 2. The van der Waals surface area contributed by atoms with Crippen molar-refractivity contribution in [2.75, 3.05) is 24.6 Å². The van der Waals surface area contributed by atoms with Gasteiger partial charge in [-0.2, -0.15) is 0 Å². The molecule has 1 saturated heterocycles. The van der Waals surface area contributed by atoms with Crippen molar-refractivity contribution in [3.8, 4) is 0 Å². The number of para-hydroxylation sites is 1. The molecule has 6 nitrogen and oxygen atoms in total. The van der Waals surface area contributed by atoms with Gasteiger partial charge < -0.3 is 15.0 Å².